The van der Waals surface area contributed by atoms with Crippen molar-refractivity contribution in [2.24, 2.45) is 5.92 Å². The van der Waals surface area contributed by atoms with Gasteiger partial charge in [0, 0.05) is 18.8 Å². The second-order valence-electron chi connectivity index (χ2n) is 6.82. The molecule has 0 saturated carbocycles. The van der Waals surface area contributed by atoms with Crippen LogP contribution < -0.4 is 10.6 Å². The van der Waals surface area contributed by atoms with Gasteiger partial charge in [-0.2, -0.15) is 5.26 Å². The Hall–Kier alpha value is -2.59. The number of morpholine rings is 1. The van der Waals surface area contributed by atoms with Crippen molar-refractivity contribution in [1.29, 1.82) is 5.26 Å². The van der Waals surface area contributed by atoms with Gasteiger partial charge in [-0.25, -0.2) is 0 Å². The standard InChI is InChI=1S/C19H26N4O3/c1-14(2)19(3,13-20)22-17(24)12-21-16-7-5-4-6-15(16)18(25)23-8-10-26-11-9-23/h4-7,14,21H,8-12H2,1-3H3,(H,22,24). The quantitative estimate of drug-likeness (QED) is 0.806. The van der Waals surface area contributed by atoms with Gasteiger partial charge in [0.1, 0.15) is 5.54 Å². The van der Waals surface area contributed by atoms with E-state index in [9.17, 15) is 14.9 Å². The molecular weight excluding hydrogens is 332 g/mol. The Balaban J connectivity index is 2.03. The third-order valence-corrected chi connectivity index (χ3v) is 4.68. The van der Waals surface area contributed by atoms with Crippen molar-refractivity contribution >= 4 is 17.5 Å². The molecule has 1 aromatic rings. The summed E-state index contributed by atoms with van der Waals surface area (Å²) >= 11 is 0. The molecule has 1 fully saturated rings. The minimum atomic E-state index is -0.929. The predicted molar refractivity (Wildman–Crippen MR) is 98.7 cm³/mol. The number of carbonyl (C=O) groups excluding carboxylic acids is 2. The number of amides is 2. The first-order valence-corrected chi connectivity index (χ1v) is 8.79. The highest BCUT2D eigenvalue weighted by atomic mass is 16.5. The smallest absolute Gasteiger partial charge is 0.256 e. The number of nitrogens with one attached hydrogen (secondary N) is 2. The van der Waals surface area contributed by atoms with Crippen molar-refractivity contribution in [2.75, 3.05) is 38.2 Å². The lowest BCUT2D eigenvalue weighted by Crippen LogP contribution is -2.50. The maximum atomic E-state index is 12.7. The van der Waals surface area contributed by atoms with Crippen LogP contribution >= 0.6 is 0 Å². The molecular formula is C19H26N4O3. The Morgan fingerprint density at radius 1 is 1.31 bits per heavy atom. The average molecular weight is 358 g/mol. The maximum absolute atomic E-state index is 12.7. The molecule has 140 valence electrons. The van der Waals surface area contributed by atoms with E-state index in [1.165, 1.54) is 0 Å². The number of ether oxygens (including phenoxy) is 1. The van der Waals surface area contributed by atoms with Crippen LogP contribution in [0.2, 0.25) is 0 Å². The van der Waals surface area contributed by atoms with Gasteiger partial charge in [-0.05, 0) is 25.0 Å². The first kappa shape index (κ1) is 19.7. The fourth-order valence-corrected chi connectivity index (χ4v) is 2.57. The Labute approximate surface area is 154 Å². The van der Waals surface area contributed by atoms with E-state index in [-0.39, 0.29) is 24.3 Å². The summed E-state index contributed by atoms with van der Waals surface area (Å²) in [5.41, 5.74) is 0.193. The van der Waals surface area contributed by atoms with Gasteiger partial charge >= 0.3 is 0 Å². The molecule has 2 rings (SSSR count). The van der Waals surface area contributed by atoms with Crippen molar-refractivity contribution < 1.29 is 14.3 Å². The zero-order chi connectivity index (χ0) is 19.2. The zero-order valence-electron chi connectivity index (χ0n) is 15.5. The summed E-state index contributed by atoms with van der Waals surface area (Å²) < 4.78 is 5.28. The first-order chi connectivity index (χ1) is 12.4. The molecule has 7 heteroatoms. The van der Waals surface area contributed by atoms with Crippen LogP contribution in [0.15, 0.2) is 24.3 Å². The molecule has 7 nitrogen and oxygen atoms in total. The van der Waals surface area contributed by atoms with Crippen molar-refractivity contribution in [3.8, 4) is 6.07 Å². The van der Waals surface area contributed by atoms with E-state index < -0.39 is 5.54 Å². The molecule has 1 saturated heterocycles. The summed E-state index contributed by atoms with van der Waals surface area (Å²) in [6.07, 6.45) is 0. The molecule has 1 aliphatic rings. The van der Waals surface area contributed by atoms with E-state index in [0.717, 1.165) is 0 Å². The molecule has 1 aliphatic heterocycles. The number of benzene rings is 1. The second kappa shape index (κ2) is 8.68. The Morgan fingerprint density at radius 3 is 2.58 bits per heavy atom. The minimum absolute atomic E-state index is 0.0165. The van der Waals surface area contributed by atoms with Gasteiger partial charge in [0.2, 0.25) is 5.91 Å². The number of hydrogen-bond acceptors (Lipinski definition) is 5. The van der Waals surface area contributed by atoms with Crippen LogP contribution in [0.5, 0.6) is 0 Å². The van der Waals surface area contributed by atoms with Crippen LogP contribution in [-0.4, -0.2) is 55.1 Å². The summed E-state index contributed by atoms with van der Waals surface area (Å²) in [4.78, 5) is 26.7. The van der Waals surface area contributed by atoms with Gasteiger partial charge in [-0.15, -0.1) is 0 Å². The molecule has 1 atom stereocenters. The van der Waals surface area contributed by atoms with Crippen molar-refractivity contribution in [2.45, 2.75) is 26.3 Å². The number of nitrogens with zero attached hydrogens (tertiary/aromatic N) is 2. The summed E-state index contributed by atoms with van der Waals surface area (Å²) in [7, 11) is 0. The molecule has 0 spiro atoms. The highest BCUT2D eigenvalue weighted by Gasteiger charge is 2.30. The number of nitriles is 1. The normalized spacial score (nSPS) is 16.5. The van der Waals surface area contributed by atoms with E-state index in [2.05, 4.69) is 16.7 Å². The number of para-hydroxylation sites is 1. The second-order valence-corrected chi connectivity index (χ2v) is 6.82. The number of carbonyl (C=O) groups is 2. The van der Waals surface area contributed by atoms with E-state index in [1.807, 2.05) is 19.9 Å². The van der Waals surface area contributed by atoms with Gasteiger partial charge < -0.3 is 20.3 Å². The van der Waals surface area contributed by atoms with Crippen LogP contribution in [0, 0.1) is 17.2 Å². The molecule has 2 amide bonds. The fourth-order valence-electron chi connectivity index (χ4n) is 2.57. The maximum Gasteiger partial charge on any atom is 0.256 e. The molecule has 0 aliphatic carbocycles. The van der Waals surface area contributed by atoms with E-state index in [0.29, 0.717) is 37.6 Å². The first-order valence-electron chi connectivity index (χ1n) is 8.79. The van der Waals surface area contributed by atoms with E-state index >= 15 is 0 Å². The van der Waals surface area contributed by atoms with E-state index in [4.69, 9.17) is 4.74 Å². The van der Waals surface area contributed by atoms with Crippen molar-refractivity contribution in [1.82, 2.24) is 10.2 Å². The third-order valence-electron chi connectivity index (χ3n) is 4.68. The van der Waals surface area contributed by atoms with Crippen LogP contribution in [0.25, 0.3) is 0 Å². The molecule has 1 aromatic carbocycles. The van der Waals surface area contributed by atoms with Gasteiger partial charge in [-0.3, -0.25) is 9.59 Å². The molecule has 1 unspecified atom stereocenters. The predicted octanol–water partition coefficient (Wildman–Crippen LogP) is 1.63. The molecule has 0 radical (unpaired) electrons. The van der Waals surface area contributed by atoms with Crippen molar-refractivity contribution in [3.63, 3.8) is 0 Å². The van der Waals surface area contributed by atoms with Crippen LogP contribution in [0.3, 0.4) is 0 Å². The lowest BCUT2D eigenvalue weighted by atomic mass is 9.90. The van der Waals surface area contributed by atoms with Crippen molar-refractivity contribution in [3.05, 3.63) is 29.8 Å². The average Bonchev–Trinajstić information content (AvgIpc) is 2.66. The Morgan fingerprint density at radius 2 is 1.96 bits per heavy atom. The fraction of sp³-hybridized carbons (Fsp3) is 0.526. The topological polar surface area (TPSA) is 94.5 Å². The summed E-state index contributed by atoms with van der Waals surface area (Å²) in [6.45, 7) is 7.63. The molecule has 0 bridgehead atoms. The summed E-state index contributed by atoms with van der Waals surface area (Å²) in [5, 5.41) is 15.1. The van der Waals surface area contributed by atoms with Crippen LogP contribution in [0.4, 0.5) is 5.69 Å². The Bertz CT molecular complexity index is 692. The van der Waals surface area contributed by atoms with Crippen LogP contribution in [0.1, 0.15) is 31.1 Å². The van der Waals surface area contributed by atoms with Gasteiger partial charge in [-0.1, -0.05) is 26.0 Å². The molecule has 0 aromatic heterocycles. The minimum Gasteiger partial charge on any atom is -0.378 e. The Kier molecular flexibility index (Phi) is 6.58. The monoisotopic (exact) mass is 358 g/mol. The lowest BCUT2D eigenvalue weighted by molar-refractivity contribution is -0.121. The van der Waals surface area contributed by atoms with Crippen LogP contribution in [-0.2, 0) is 9.53 Å². The highest BCUT2D eigenvalue weighted by Crippen LogP contribution is 2.18. The highest BCUT2D eigenvalue weighted by molar-refractivity contribution is 6.00. The number of rotatable bonds is 6. The molecule has 2 N–H and O–H groups in total. The number of anilines is 1. The van der Waals surface area contributed by atoms with Gasteiger partial charge in [0.05, 0.1) is 31.4 Å². The molecule has 1 heterocycles. The lowest BCUT2D eigenvalue weighted by Gasteiger charge is -2.28. The van der Waals surface area contributed by atoms with Gasteiger partial charge in [0.15, 0.2) is 0 Å². The number of hydrogen-bond donors (Lipinski definition) is 2. The van der Waals surface area contributed by atoms with Gasteiger partial charge in [0.25, 0.3) is 5.91 Å². The summed E-state index contributed by atoms with van der Waals surface area (Å²) in [5.74, 6) is -0.399. The molecule has 26 heavy (non-hydrogen) atoms. The largest absolute Gasteiger partial charge is 0.378 e. The van der Waals surface area contributed by atoms with E-state index in [1.54, 1.807) is 30.0 Å². The third kappa shape index (κ3) is 4.73. The summed E-state index contributed by atoms with van der Waals surface area (Å²) in [6, 6.07) is 9.27. The zero-order valence-corrected chi connectivity index (χ0v) is 15.5. The SMILES string of the molecule is CC(C)C(C)(C#N)NC(=O)CNc1ccccc1C(=O)N1CCOCC1.